The van der Waals surface area contributed by atoms with Crippen LogP contribution < -0.4 is 5.32 Å². The van der Waals surface area contributed by atoms with Gasteiger partial charge in [0.05, 0.1) is 6.61 Å². The van der Waals surface area contributed by atoms with Crippen LogP contribution in [0.4, 0.5) is 5.00 Å². The molecule has 1 aromatic heterocycles. The molecule has 148 valence electrons. The Hall–Kier alpha value is -2.41. The number of thiophene rings is 1. The Labute approximate surface area is 186 Å². The summed E-state index contributed by atoms with van der Waals surface area (Å²) in [4.78, 5) is 25.0. The minimum Gasteiger partial charge on any atom is -0.462 e. The number of anilines is 1. The number of carbonyl (C=O) groups is 2. The second kappa shape index (κ2) is 9.87. The third-order valence-corrected chi connectivity index (χ3v) is 5.64. The van der Waals surface area contributed by atoms with Gasteiger partial charge in [-0.25, -0.2) is 4.79 Å². The van der Waals surface area contributed by atoms with Crippen LogP contribution in [0.2, 0.25) is 5.02 Å². The van der Waals surface area contributed by atoms with Crippen LogP contribution in [0.3, 0.4) is 0 Å². The number of nitrogens with one attached hydrogen (secondary N) is 1. The normalized spacial score (nSPS) is 10.9. The number of esters is 1. The third kappa shape index (κ3) is 5.56. The molecule has 0 spiro atoms. The smallest absolute Gasteiger partial charge is 0.341 e. The highest BCUT2D eigenvalue weighted by molar-refractivity contribution is 9.10. The van der Waals surface area contributed by atoms with Crippen LogP contribution in [-0.4, -0.2) is 18.5 Å². The van der Waals surface area contributed by atoms with Crippen LogP contribution in [0.5, 0.6) is 0 Å². The average molecular weight is 491 g/mol. The summed E-state index contributed by atoms with van der Waals surface area (Å²) in [6, 6.07) is 14.7. The summed E-state index contributed by atoms with van der Waals surface area (Å²) in [6.45, 7) is 2.00. The lowest BCUT2D eigenvalue weighted by Crippen LogP contribution is -2.12. The number of benzene rings is 2. The summed E-state index contributed by atoms with van der Waals surface area (Å²) in [5, 5.41) is 5.71. The molecule has 0 aliphatic carbocycles. The van der Waals surface area contributed by atoms with E-state index in [1.807, 2.05) is 41.8 Å². The number of hydrogen-bond donors (Lipinski definition) is 1. The molecule has 0 saturated carbocycles. The fraction of sp³-hybridized carbons (Fsp3) is 0.0909. The second-order valence-corrected chi connectivity index (χ2v) is 8.19. The molecular weight excluding hydrogens is 474 g/mol. The number of ether oxygens (including phenoxy) is 1. The van der Waals surface area contributed by atoms with Gasteiger partial charge in [-0.2, -0.15) is 0 Å². The zero-order valence-corrected chi connectivity index (χ0v) is 18.6. The molecular formula is C22H17BrClNO3S. The Kier molecular flexibility index (Phi) is 7.25. The summed E-state index contributed by atoms with van der Waals surface area (Å²) in [5.41, 5.74) is 2.78. The second-order valence-electron chi connectivity index (χ2n) is 5.96. The Bertz CT molecular complexity index is 1040. The van der Waals surface area contributed by atoms with Crippen molar-refractivity contribution in [1.29, 1.82) is 0 Å². The van der Waals surface area contributed by atoms with Gasteiger partial charge in [-0.05, 0) is 48.4 Å². The van der Waals surface area contributed by atoms with E-state index in [0.29, 0.717) is 15.6 Å². The van der Waals surface area contributed by atoms with Gasteiger partial charge in [0.15, 0.2) is 0 Å². The highest BCUT2D eigenvalue weighted by Crippen LogP contribution is 2.36. The molecule has 0 radical (unpaired) electrons. The molecule has 0 unspecified atom stereocenters. The molecule has 1 heterocycles. The van der Waals surface area contributed by atoms with Crippen LogP contribution >= 0.6 is 38.9 Å². The largest absolute Gasteiger partial charge is 0.462 e. The van der Waals surface area contributed by atoms with Crippen LogP contribution in [0.15, 0.2) is 64.5 Å². The summed E-state index contributed by atoms with van der Waals surface area (Å²) in [5.74, 6) is -0.807. The van der Waals surface area contributed by atoms with Gasteiger partial charge in [-0.15, -0.1) is 11.3 Å². The van der Waals surface area contributed by atoms with Gasteiger partial charge >= 0.3 is 5.97 Å². The van der Waals surface area contributed by atoms with Crippen molar-refractivity contribution < 1.29 is 14.3 Å². The number of hydrogen-bond acceptors (Lipinski definition) is 4. The van der Waals surface area contributed by atoms with Crippen molar-refractivity contribution in [2.45, 2.75) is 6.92 Å². The Morgan fingerprint density at radius 3 is 2.48 bits per heavy atom. The predicted octanol–water partition coefficient (Wildman–Crippen LogP) is 6.66. The van der Waals surface area contributed by atoms with Crippen LogP contribution in [0, 0.1) is 0 Å². The molecule has 0 aliphatic heterocycles. The Morgan fingerprint density at radius 1 is 1.14 bits per heavy atom. The molecule has 7 heteroatoms. The van der Waals surface area contributed by atoms with E-state index >= 15 is 0 Å². The number of rotatable bonds is 6. The summed E-state index contributed by atoms with van der Waals surface area (Å²) < 4.78 is 6.15. The van der Waals surface area contributed by atoms with E-state index in [9.17, 15) is 9.59 Å². The minimum absolute atomic E-state index is 0.248. The van der Waals surface area contributed by atoms with E-state index in [4.69, 9.17) is 16.3 Å². The summed E-state index contributed by atoms with van der Waals surface area (Å²) >= 11 is 10.6. The fourth-order valence-corrected chi connectivity index (χ4v) is 3.95. The molecule has 29 heavy (non-hydrogen) atoms. The first-order valence-electron chi connectivity index (χ1n) is 8.77. The van der Waals surface area contributed by atoms with Gasteiger partial charge in [-0.1, -0.05) is 51.8 Å². The predicted molar refractivity (Wildman–Crippen MR) is 123 cm³/mol. The van der Waals surface area contributed by atoms with E-state index in [1.54, 1.807) is 25.1 Å². The van der Waals surface area contributed by atoms with Gasteiger partial charge < -0.3 is 10.1 Å². The quantitative estimate of drug-likeness (QED) is 0.310. The topological polar surface area (TPSA) is 55.4 Å². The van der Waals surface area contributed by atoms with E-state index in [-0.39, 0.29) is 12.5 Å². The Morgan fingerprint density at radius 2 is 1.83 bits per heavy atom. The SMILES string of the molecule is CCOC(=O)c1c(-c2ccc(Br)cc2)csc1NC(=O)/C=C/c1ccc(Cl)cc1. The average Bonchev–Trinajstić information content (AvgIpc) is 3.12. The molecule has 4 nitrogen and oxygen atoms in total. The third-order valence-electron chi connectivity index (χ3n) is 3.96. The highest BCUT2D eigenvalue weighted by atomic mass is 79.9. The van der Waals surface area contributed by atoms with Crippen molar-refractivity contribution in [1.82, 2.24) is 0 Å². The van der Waals surface area contributed by atoms with Gasteiger partial charge in [0, 0.05) is 26.5 Å². The van der Waals surface area contributed by atoms with E-state index in [1.165, 1.54) is 17.4 Å². The molecule has 0 atom stereocenters. The molecule has 3 aromatic rings. The van der Waals surface area contributed by atoms with Crippen molar-refractivity contribution in [3.63, 3.8) is 0 Å². The maximum Gasteiger partial charge on any atom is 0.341 e. The molecule has 0 fully saturated rings. The molecule has 2 aromatic carbocycles. The monoisotopic (exact) mass is 489 g/mol. The molecule has 0 saturated heterocycles. The minimum atomic E-state index is -0.469. The van der Waals surface area contributed by atoms with Crippen molar-refractivity contribution in [2.75, 3.05) is 11.9 Å². The maximum absolute atomic E-state index is 12.6. The first-order chi connectivity index (χ1) is 14.0. The van der Waals surface area contributed by atoms with Crippen molar-refractivity contribution in [3.05, 3.63) is 80.6 Å². The number of amides is 1. The lowest BCUT2D eigenvalue weighted by atomic mass is 10.0. The first-order valence-corrected chi connectivity index (χ1v) is 10.8. The zero-order chi connectivity index (χ0) is 20.8. The molecule has 1 N–H and O–H groups in total. The molecule has 0 aliphatic rings. The maximum atomic E-state index is 12.6. The van der Waals surface area contributed by atoms with Crippen molar-refractivity contribution >= 4 is 61.8 Å². The van der Waals surface area contributed by atoms with Crippen molar-refractivity contribution in [2.24, 2.45) is 0 Å². The highest BCUT2D eigenvalue weighted by Gasteiger charge is 2.22. The Balaban J connectivity index is 1.86. The molecule has 3 rings (SSSR count). The fourth-order valence-electron chi connectivity index (χ4n) is 2.60. The summed E-state index contributed by atoms with van der Waals surface area (Å²) in [7, 11) is 0. The van der Waals surface area contributed by atoms with Crippen molar-refractivity contribution in [3.8, 4) is 11.1 Å². The lowest BCUT2D eigenvalue weighted by Gasteiger charge is -2.08. The first kappa shape index (κ1) is 21.3. The standard InChI is InChI=1S/C22H17BrClNO3S/c1-2-28-22(27)20-18(15-6-8-16(23)9-7-15)13-29-21(20)25-19(26)12-5-14-3-10-17(24)11-4-14/h3-13H,2H2,1H3,(H,25,26)/b12-5+. The van der Waals surface area contributed by atoms with Gasteiger partial charge in [0.1, 0.15) is 10.6 Å². The van der Waals surface area contributed by atoms with Crippen LogP contribution in [-0.2, 0) is 9.53 Å². The van der Waals surface area contributed by atoms with E-state index in [2.05, 4.69) is 21.2 Å². The zero-order valence-electron chi connectivity index (χ0n) is 15.4. The molecule has 1 amide bonds. The van der Waals surface area contributed by atoms with Gasteiger partial charge in [-0.3, -0.25) is 4.79 Å². The summed E-state index contributed by atoms with van der Waals surface area (Å²) in [6.07, 6.45) is 3.09. The van der Waals surface area contributed by atoms with Gasteiger partial charge in [0.25, 0.3) is 0 Å². The van der Waals surface area contributed by atoms with Gasteiger partial charge in [0.2, 0.25) is 5.91 Å². The van der Waals surface area contributed by atoms with Crippen LogP contribution in [0.25, 0.3) is 17.2 Å². The molecule has 0 bridgehead atoms. The number of carbonyl (C=O) groups excluding carboxylic acids is 2. The van der Waals surface area contributed by atoms with E-state index < -0.39 is 5.97 Å². The van der Waals surface area contributed by atoms with Crippen LogP contribution in [0.1, 0.15) is 22.8 Å². The number of halogens is 2. The lowest BCUT2D eigenvalue weighted by molar-refractivity contribution is -0.111. The van der Waals surface area contributed by atoms with E-state index in [0.717, 1.165) is 21.2 Å².